The standard InChI is InChI=1S/C9H9F3N6/c1-5-2-3-18(17-5)7-4-6(16-13)14-8(15-7)9(10,11)12/h2-4H,13H2,1H3,(H,14,15,16). The highest BCUT2D eigenvalue weighted by Gasteiger charge is 2.35. The second-order valence-corrected chi connectivity index (χ2v) is 3.48. The fraction of sp³-hybridized carbons (Fsp3) is 0.222. The largest absolute Gasteiger partial charge is 0.451 e. The van der Waals surface area contributed by atoms with Gasteiger partial charge in [-0.15, -0.1) is 0 Å². The molecule has 0 spiro atoms. The van der Waals surface area contributed by atoms with Gasteiger partial charge in [-0.1, -0.05) is 0 Å². The Bertz CT molecular complexity index is 562. The third kappa shape index (κ3) is 2.40. The van der Waals surface area contributed by atoms with Crippen molar-refractivity contribution in [3.63, 3.8) is 0 Å². The first-order valence-electron chi connectivity index (χ1n) is 4.85. The molecule has 3 N–H and O–H groups in total. The summed E-state index contributed by atoms with van der Waals surface area (Å²) in [6.07, 6.45) is -3.15. The fourth-order valence-electron chi connectivity index (χ4n) is 1.30. The van der Waals surface area contributed by atoms with Crippen LogP contribution in [0.25, 0.3) is 5.82 Å². The van der Waals surface area contributed by atoms with E-state index in [1.807, 2.05) is 0 Å². The normalized spacial score (nSPS) is 11.6. The molecule has 9 heteroatoms. The van der Waals surface area contributed by atoms with E-state index in [0.29, 0.717) is 5.69 Å². The first-order valence-corrected chi connectivity index (χ1v) is 4.85. The van der Waals surface area contributed by atoms with E-state index in [1.54, 1.807) is 13.0 Å². The zero-order valence-corrected chi connectivity index (χ0v) is 9.23. The molecule has 2 heterocycles. The molecule has 18 heavy (non-hydrogen) atoms. The zero-order valence-electron chi connectivity index (χ0n) is 9.23. The lowest BCUT2D eigenvalue weighted by Crippen LogP contribution is -2.17. The minimum Gasteiger partial charge on any atom is -0.308 e. The number of alkyl halides is 3. The molecule has 2 rings (SSSR count). The summed E-state index contributed by atoms with van der Waals surface area (Å²) in [6, 6.07) is 2.91. The van der Waals surface area contributed by atoms with Gasteiger partial charge in [0.2, 0.25) is 5.82 Å². The van der Waals surface area contributed by atoms with E-state index in [2.05, 4.69) is 20.5 Å². The molecular formula is C9H9F3N6. The topological polar surface area (TPSA) is 81.7 Å². The highest BCUT2D eigenvalue weighted by atomic mass is 19.4. The Morgan fingerprint density at radius 1 is 1.33 bits per heavy atom. The van der Waals surface area contributed by atoms with Crippen LogP contribution in [0.4, 0.5) is 19.0 Å². The van der Waals surface area contributed by atoms with Gasteiger partial charge in [0.05, 0.1) is 5.69 Å². The van der Waals surface area contributed by atoms with Crippen molar-refractivity contribution in [2.45, 2.75) is 13.1 Å². The van der Waals surface area contributed by atoms with Crippen LogP contribution in [0.2, 0.25) is 0 Å². The van der Waals surface area contributed by atoms with Gasteiger partial charge in [-0.05, 0) is 13.0 Å². The van der Waals surface area contributed by atoms with Crippen molar-refractivity contribution >= 4 is 5.82 Å². The molecule has 2 aromatic rings. The number of rotatable bonds is 2. The van der Waals surface area contributed by atoms with Gasteiger partial charge in [0, 0.05) is 12.3 Å². The number of aromatic nitrogens is 4. The predicted molar refractivity (Wildman–Crippen MR) is 56.7 cm³/mol. The van der Waals surface area contributed by atoms with E-state index in [9.17, 15) is 13.2 Å². The maximum absolute atomic E-state index is 12.6. The Morgan fingerprint density at radius 3 is 2.56 bits per heavy atom. The molecule has 0 aromatic carbocycles. The quantitative estimate of drug-likeness (QED) is 0.626. The van der Waals surface area contributed by atoms with Crippen molar-refractivity contribution in [1.82, 2.24) is 19.7 Å². The Hall–Kier alpha value is -2.16. The van der Waals surface area contributed by atoms with E-state index in [1.165, 1.54) is 16.9 Å². The van der Waals surface area contributed by atoms with Crippen LogP contribution in [0.1, 0.15) is 11.5 Å². The van der Waals surface area contributed by atoms with Gasteiger partial charge < -0.3 is 5.43 Å². The molecule has 0 amide bonds. The summed E-state index contributed by atoms with van der Waals surface area (Å²) in [5.74, 6) is 3.65. The highest BCUT2D eigenvalue weighted by Crippen LogP contribution is 2.27. The number of anilines is 1. The van der Waals surface area contributed by atoms with Gasteiger partial charge in [-0.3, -0.25) is 0 Å². The molecule has 0 unspecified atom stereocenters. The Morgan fingerprint density at radius 2 is 2.06 bits per heavy atom. The molecule has 0 aliphatic rings. The Balaban J connectivity index is 2.54. The smallest absolute Gasteiger partial charge is 0.308 e. The number of nitrogens with zero attached hydrogens (tertiary/aromatic N) is 4. The molecular weight excluding hydrogens is 249 g/mol. The highest BCUT2D eigenvalue weighted by molar-refractivity contribution is 5.40. The summed E-state index contributed by atoms with van der Waals surface area (Å²) in [4.78, 5) is 6.65. The predicted octanol–water partition coefficient (Wildman–Crippen LogP) is 1.28. The number of nitrogens with two attached hydrogens (primary N) is 1. The molecule has 0 bridgehead atoms. The molecule has 0 aliphatic heterocycles. The fourth-order valence-corrected chi connectivity index (χ4v) is 1.30. The summed E-state index contributed by atoms with van der Waals surface area (Å²) in [7, 11) is 0. The summed E-state index contributed by atoms with van der Waals surface area (Å²) < 4.78 is 39.0. The summed E-state index contributed by atoms with van der Waals surface area (Å²) in [5.41, 5.74) is 2.72. The van der Waals surface area contributed by atoms with Gasteiger partial charge >= 0.3 is 6.18 Å². The van der Waals surface area contributed by atoms with Crippen LogP contribution in [-0.2, 0) is 6.18 Å². The van der Waals surface area contributed by atoms with Crippen LogP contribution >= 0.6 is 0 Å². The van der Waals surface area contributed by atoms with E-state index in [-0.39, 0.29) is 11.6 Å². The molecule has 6 nitrogen and oxygen atoms in total. The molecule has 0 radical (unpaired) electrons. The molecule has 96 valence electrons. The maximum atomic E-state index is 12.6. The maximum Gasteiger partial charge on any atom is 0.451 e. The van der Waals surface area contributed by atoms with Crippen molar-refractivity contribution in [3.8, 4) is 5.82 Å². The monoisotopic (exact) mass is 258 g/mol. The van der Waals surface area contributed by atoms with Crippen LogP contribution in [0.15, 0.2) is 18.3 Å². The van der Waals surface area contributed by atoms with Gasteiger partial charge in [0.1, 0.15) is 5.82 Å². The second-order valence-electron chi connectivity index (χ2n) is 3.48. The van der Waals surface area contributed by atoms with Crippen molar-refractivity contribution in [1.29, 1.82) is 0 Å². The van der Waals surface area contributed by atoms with Gasteiger partial charge in [-0.25, -0.2) is 20.5 Å². The third-order valence-corrected chi connectivity index (χ3v) is 2.07. The number of nitrogens with one attached hydrogen (secondary N) is 1. The Labute approximate surface area is 99.6 Å². The van der Waals surface area contributed by atoms with Crippen LogP contribution in [-0.4, -0.2) is 19.7 Å². The van der Waals surface area contributed by atoms with Crippen LogP contribution < -0.4 is 11.3 Å². The minimum absolute atomic E-state index is 0.0154. The second kappa shape index (κ2) is 4.26. The van der Waals surface area contributed by atoms with Crippen molar-refractivity contribution in [3.05, 3.63) is 29.8 Å². The first kappa shape index (κ1) is 12.3. The number of nitrogen functional groups attached to an aromatic ring is 1. The third-order valence-electron chi connectivity index (χ3n) is 2.07. The number of aryl methyl sites for hydroxylation is 1. The number of hydrogen-bond donors (Lipinski definition) is 2. The average molecular weight is 258 g/mol. The molecule has 2 aromatic heterocycles. The van der Waals surface area contributed by atoms with E-state index in [4.69, 9.17) is 5.84 Å². The lowest BCUT2D eigenvalue weighted by Gasteiger charge is -2.09. The lowest BCUT2D eigenvalue weighted by molar-refractivity contribution is -0.144. The number of hydrazine groups is 1. The van der Waals surface area contributed by atoms with E-state index < -0.39 is 12.0 Å². The SMILES string of the molecule is Cc1ccn(-c2cc(NN)nc(C(F)(F)F)n2)n1. The van der Waals surface area contributed by atoms with Crippen LogP contribution in [0, 0.1) is 6.92 Å². The molecule has 0 saturated heterocycles. The lowest BCUT2D eigenvalue weighted by atomic mass is 10.4. The minimum atomic E-state index is -4.65. The van der Waals surface area contributed by atoms with Gasteiger partial charge in [-0.2, -0.15) is 18.3 Å². The summed E-state index contributed by atoms with van der Waals surface area (Å²) in [6.45, 7) is 1.71. The first-order chi connectivity index (χ1) is 8.40. The molecule has 0 aliphatic carbocycles. The average Bonchev–Trinajstić information content (AvgIpc) is 2.74. The number of halogens is 3. The van der Waals surface area contributed by atoms with Crippen LogP contribution in [0.3, 0.4) is 0 Å². The van der Waals surface area contributed by atoms with Crippen molar-refractivity contribution in [2.75, 3.05) is 5.43 Å². The Kier molecular flexibility index (Phi) is 2.91. The summed E-state index contributed by atoms with van der Waals surface area (Å²) >= 11 is 0. The van der Waals surface area contributed by atoms with Gasteiger partial charge in [0.15, 0.2) is 5.82 Å². The van der Waals surface area contributed by atoms with E-state index >= 15 is 0 Å². The summed E-state index contributed by atoms with van der Waals surface area (Å²) in [5, 5.41) is 3.97. The van der Waals surface area contributed by atoms with Crippen molar-refractivity contribution < 1.29 is 13.2 Å². The van der Waals surface area contributed by atoms with E-state index in [0.717, 1.165) is 0 Å². The van der Waals surface area contributed by atoms with Gasteiger partial charge in [0.25, 0.3) is 0 Å². The van der Waals surface area contributed by atoms with Crippen molar-refractivity contribution in [2.24, 2.45) is 5.84 Å². The van der Waals surface area contributed by atoms with Crippen LogP contribution in [0.5, 0.6) is 0 Å². The molecule has 0 atom stereocenters. The zero-order chi connectivity index (χ0) is 13.3. The molecule has 0 fully saturated rings. The molecule has 0 saturated carbocycles. The number of hydrogen-bond acceptors (Lipinski definition) is 5.